The molecule has 29 heavy (non-hydrogen) atoms. The van der Waals surface area contributed by atoms with Crippen LogP contribution in [0.5, 0.6) is 0 Å². The summed E-state index contributed by atoms with van der Waals surface area (Å²) in [5.74, 6) is 0.405. The van der Waals surface area contributed by atoms with Gasteiger partial charge >= 0.3 is 6.03 Å². The third-order valence-corrected chi connectivity index (χ3v) is 5.09. The molecule has 8 nitrogen and oxygen atoms in total. The average molecular weight is 409 g/mol. The number of urea groups is 1. The van der Waals surface area contributed by atoms with Crippen LogP contribution in [0.4, 0.5) is 10.5 Å². The van der Waals surface area contributed by atoms with Gasteiger partial charge in [0.2, 0.25) is 0 Å². The highest BCUT2D eigenvalue weighted by Crippen LogP contribution is 2.27. The van der Waals surface area contributed by atoms with Gasteiger partial charge in [-0.2, -0.15) is 5.10 Å². The largest absolute Gasteiger partial charge is 0.467 e. The number of aromatic amines is 1. The number of anilines is 1. The van der Waals surface area contributed by atoms with E-state index >= 15 is 0 Å². The summed E-state index contributed by atoms with van der Waals surface area (Å²) >= 11 is 1.44. The lowest BCUT2D eigenvalue weighted by molar-refractivity contribution is 0.105. The number of amides is 2. The fourth-order valence-electron chi connectivity index (χ4n) is 2.89. The highest BCUT2D eigenvalue weighted by atomic mass is 32.1. The van der Waals surface area contributed by atoms with Gasteiger partial charge in [0.05, 0.1) is 24.7 Å². The summed E-state index contributed by atoms with van der Waals surface area (Å²) in [5, 5.41) is 22.8. The third-order valence-electron chi connectivity index (χ3n) is 4.30. The number of benzene rings is 1. The summed E-state index contributed by atoms with van der Waals surface area (Å²) < 4.78 is 5.27. The number of aliphatic hydroxyl groups is 1. The lowest BCUT2D eigenvalue weighted by atomic mass is 10.2. The Morgan fingerprint density at radius 3 is 2.86 bits per heavy atom. The van der Waals surface area contributed by atoms with Crippen molar-refractivity contribution in [2.75, 3.05) is 11.9 Å². The second kappa shape index (κ2) is 8.72. The second-order valence-electron chi connectivity index (χ2n) is 6.32. The van der Waals surface area contributed by atoms with Crippen LogP contribution in [-0.4, -0.2) is 37.8 Å². The number of aromatic nitrogens is 3. The van der Waals surface area contributed by atoms with E-state index in [9.17, 15) is 9.90 Å². The second-order valence-corrected chi connectivity index (χ2v) is 7.22. The number of furan rings is 1. The molecule has 1 aromatic carbocycles. The van der Waals surface area contributed by atoms with Crippen molar-refractivity contribution in [3.63, 3.8) is 0 Å². The van der Waals surface area contributed by atoms with E-state index in [4.69, 9.17) is 4.42 Å². The van der Waals surface area contributed by atoms with Crippen LogP contribution < -0.4 is 5.32 Å². The minimum absolute atomic E-state index is 0.0681. The molecule has 3 aromatic heterocycles. The highest BCUT2D eigenvalue weighted by Gasteiger charge is 2.22. The molecule has 1 unspecified atom stereocenters. The third kappa shape index (κ3) is 4.53. The van der Waals surface area contributed by atoms with Crippen molar-refractivity contribution < 1.29 is 14.3 Å². The number of thiazole rings is 1. The molecule has 0 spiro atoms. The Kier molecular flexibility index (Phi) is 5.68. The van der Waals surface area contributed by atoms with Gasteiger partial charge in [0.1, 0.15) is 22.6 Å². The summed E-state index contributed by atoms with van der Waals surface area (Å²) in [6.07, 6.45) is 3.78. The standard InChI is InChI=1S/C20H19N5O3S/c26-16(17-7-4-9-28-17)13-25(12-14-5-2-1-3-6-14)20(27)23-15-11-22-24-18(15)19-21-8-10-29-19/h1-11,16,26H,12-13H2,(H,22,24)(H,23,27). The summed E-state index contributed by atoms with van der Waals surface area (Å²) in [7, 11) is 0. The van der Waals surface area contributed by atoms with E-state index in [0.717, 1.165) is 10.6 Å². The Balaban J connectivity index is 1.53. The Hall–Kier alpha value is -3.43. The Morgan fingerprint density at radius 1 is 1.28 bits per heavy atom. The molecule has 3 heterocycles. The molecule has 0 fully saturated rings. The summed E-state index contributed by atoms with van der Waals surface area (Å²) in [4.78, 5) is 18.8. The highest BCUT2D eigenvalue weighted by molar-refractivity contribution is 7.13. The molecule has 3 N–H and O–H groups in total. The van der Waals surface area contributed by atoms with Gasteiger partial charge in [0.25, 0.3) is 0 Å². The van der Waals surface area contributed by atoms with E-state index in [1.807, 2.05) is 35.7 Å². The van der Waals surface area contributed by atoms with Crippen LogP contribution in [0.3, 0.4) is 0 Å². The molecule has 2 amide bonds. The molecule has 0 bridgehead atoms. The fraction of sp³-hybridized carbons (Fsp3) is 0.150. The van der Waals surface area contributed by atoms with Gasteiger partial charge in [-0.3, -0.25) is 5.10 Å². The zero-order valence-corrected chi connectivity index (χ0v) is 16.2. The van der Waals surface area contributed by atoms with Crippen LogP contribution in [0.25, 0.3) is 10.7 Å². The van der Waals surface area contributed by atoms with E-state index in [2.05, 4.69) is 20.5 Å². The topological polar surface area (TPSA) is 107 Å². The monoisotopic (exact) mass is 409 g/mol. The number of rotatable bonds is 7. The Labute approximate surface area is 170 Å². The van der Waals surface area contributed by atoms with Crippen molar-refractivity contribution >= 4 is 23.1 Å². The molecule has 4 aromatic rings. The molecule has 148 valence electrons. The molecule has 9 heteroatoms. The van der Waals surface area contributed by atoms with Crippen LogP contribution >= 0.6 is 11.3 Å². The molecule has 0 radical (unpaired) electrons. The number of carbonyl (C=O) groups is 1. The molecular weight excluding hydrogens is 390 g/mol. The van der Waals surface area contributed by atoms with E-state index in [1.165, 1.54) is 28.7 Å². The van der Waals surface area contributed by atoms with Crippen molar-refractivity contribution in [3.05, 3.63) is 77.8 Å². The smallest absolute Gasteiger partial charge is 0.322 e. The maximum Gasteiger partial charge on any atom is 0.322 e. The number of hydrogen-bond donors (Lipinski definition) is 3. The number of aliphatic hydroxyl groups excluding tert-OH is 1. The van der Waals surface area contributed by atoms with E-state index < -0.39 is 6.10 Å². The van der Waals surface area contributed by atoms with Gasteiger partial charge in [-0.1, -0.05) is 30.3 Å². The molecular formula is C20H19N5O3S. The minimum atomic E-state index is -0.942. The van der Waals surface area contributed by atoms with Gasteiger partial charge in [0, 0.05) is 18.1 Å². The summed E-state index contributed by atoms with van der Waals surface area (Å²) in [5.41, 5.74) is 2.11. The van der Waals surface area contributed by atoms with Crippen LogP contribution in [-0.2, 0) is 6.54 Å². The molecule has 0 aliphatic rings. The quantitative estimate of drug-likeness (QED) is 0.429. The lowest BCUT2D eigenvalue weighted by Crippen LogP contribution is -2.37. The molecule has 1 atom stereocenters. The first-order valence-electron chi connectivity index (χ1n) is 8.95. The van der Waals surface area contributed by atoms with E-state index in [0.29, 0.717) is 23.7 Å². The van der Waals surface area contributed by atoms with Gasteiger partial charge < -0.3 is 19.7 Å². The van der Waals surface area contributed by atoms with Crippen LogP contribution in [0.1, 0.15) is 17.4 Å². The zero-order chi connectivity index (χ0) is 20.1. The van der Waals surface area contributed by atoms with Gasteiger partial charge in [-0.05, 0) is 17.7 Å². The first kappa shape index (κ1) is 18.9. The number of nitrogens with zero attached hydrogens (tertiary/aromatic N) is 3. The number of nitrogens with one attached hydrogen (secondary N) is 2. The van der Waals surface area contributed by atoms with E-state index in [-0.39, 0.29) is 12.6 Å². The zero-order valence-electron chi connectivity index (χ0n) is 15.4. The summed E-state index contributed by atoms with van der Waals surface area (Å²) in [6.45, 7) is 0.396. The van der Waals surface area contributed by atoms with Crippen molar-refractivity contribution in [1.29, 1.82) is 0 Å². The average Bonchev–Trinajstić information content (AvgIpc) is 3.49. The lowest BCUT2D eigenvalue weighted by Gasteiger charge is -2.25. The van der Waals surface area contributed by atoms with Crippen LogP contribution in [0, 0.1) is 0 Å². The maximum absolute atomic E-state index is 13.1. The van der Waals surface area contributed by atoms with Crippen molar-refractivity contribution in [2.24, 2.45) is 0 Å². The molecule has 0 aliphatic heterocycles. The Bertz CT molecular complexity index is 1030. The molecule has 0 saturated heterocycles. The summed E-state index contributed by atoms with van der Waals surface area (Å²) in [6, 6.07) is 12.6. The number of H-pyrrole nitrogens is 1. The fourth-order valence-corrected chi connectivity index (χ4v) is 3.53. The minimum Gasteiger partial charge on any atom is -0.467 e. The van der Waals surface area contributed by atoms with Crippen molar-refractivity contribution in [1.82, 2.24) is 20.1 Å². The molecule has 0 aliphatic carbocycles. The van der Waals surface area contributed by atoms with Gasteiger partial charge in [-0.25, -0.2) is 9.78 Å². The maximum atomic E-state index is 13.1. The normalized spacial score (nSPS) is 11.9. The van der Waals surface area contributed by atoms with Crippen molar-refractivity contribution in [3.8, 4) is 10.7 Å². The van der Waals surface area contributed by atoms with Crippen molar-refractivity contribution in [2.45, 2.75) is 12.6 Å². The van der Waals surface area contributed by atoms with E-state index in [1.54, 1.807) is 18.3 Å². The van der Waals surface area contributed by atoms with Gasteiger partial charge in [-0.15, -0.1) is 11.3 Å². The predicted molar refractivity (Wildman–Crippen MR) is 109 cm³/mol. The van der Waals surface area contributed by atoms with Crippen LogP contribution in [0.15, 0.2) is 70.9 Å². The number of hydrogen-bond acceptors (Lipinski definition) is 6. The SMILES string of the molecule is O=C(Nc1cn[nH]c1-c1nccs1)N(Cc1ccccc1)CC(O)c1ccco1. The first-order chi connectivity index (χ1) is 14.2. The predicted octanol–water partition coefficient (Wildman–Crippen LogP) is 3.89. The number of carbonyl (C=O) groups excluding carboxylic acids is 1. The van der Waals surface area contributed by atoms with Gasteiger partial charge in [0.15, 0.2) is 0 Å². The van der Waals surface area contributed by atoms with Crippen LogP contribution in [0.2, 0.25) is 0 Å². The Morgan fingerprint density at radius 2 is 2.14 bits per heavy atom. The molecule has 0 saturated carbocycles. The first-order valence-corrected chi connectivity index (χ1v) is 9.83. The molecule has 4 rings (SSSR count).